The molecule has 0 atom stereocenters. The second kappa shape index (κ2) is 8.96. The highest BCUT2D eigenvalue weighted by Gasteiger charge is 2.26. The minimum atomic E-state index is -0.131. The highest BCUT2D eigenvalue weighted by molar-refractivity contribution is 9.10. The zero-order valence-electron chi connectivity index (χ0n) is 18.7. The van der Waals surface area contributed by atoms with Crippen LogP contribution >= 0.6 is 15.9 Å². The number of halogens is 1. The molecule has 6 rings (SSSR count). The molecule has 8 nitrogen and oxygen atoms in total. The van der Waals surface area contributed by atoms with Crippen molar-refractivity contribution < 1.29 is 0 Å². The van der Waals surface area contributed by atoms with E-state index in [2.05, 4.69) is 65.4 Å². The summed E-state index contributed by atoms with van der Waals surface area (Å²) >= 11 is 3.41. The molecule has 2 N–H and O–H groups in total. The topological polar surface area (TPSA) is 89.7 Å². The quantitative estimate of drug-likeness (QED) is 0.393. The average Bonchev–Trinajstić information content (AvgIpc) is 3.61. The molecule has 0 bridgehead atoms. The predicted molar refractivity (Wildman–Crippen MR) is 136 cm³/mol. The van der Waals surface area contributed by atoms with Gasteiger partial charge < -0.3 is 15.2 Å². The van der Waals surface area contributed by atoms with Gasteiger partial charge in [0.15, 0.2) is 0 Å². The van der Waals surface area contributed by atoms with Gasteiger partial charge in [0.2, 0.25) is 5.95 Å². The fraction of sp³-hybridized carbons (Fsp3) is 0.360. The van der Waals surface area contributed by atoms with Crippen LogP contribution < -0.4 is 16.2 Å². The number of hydrogen-bond donors (Lipinski definition) is 2. The number of rotatable bonds is 6. The molecule has 9 heteroatoms. The van der Waals surface area contributed by atoms with E-state index in [1.165, 1.54) is 18.4 Å². The Balaban J connectivity index is 1.30. The lowest BCUT2D eigenvalue weighted by Crippen LogP contribution is -2.26. The molecule has 3 aromatic heterocycles. The van der Waals surface area contributed by atoms with Gasteiger partial charge in [0, 0.05) is 35.7 Å². The smallest absolute Gasteiger partial charge is 0.266 e. The number of benzene rings is 1. The number of piperidine rings is 1. The molecule has 34 heavy (non-hydrogen) atoms. The van der Waals surface area contributed by atoms with Crippen molar-refractivity contribution in [3.05, 3.63) is 75.1 Å². The van der Waals surface area contributed by atoms with E-state index in [4.69, 9.17) is 4.98 Å². The highest BCUT2D eigenvalue weighted by Crippen LogP contribution is 2.35. The molecule has 4 aromatic rings. The third-order valence-corrected chi connectivity index (χ3v) is 7.32. The lowest BCUT2D eigenvalue weighted by Gasteiger charge is -2.23. The minimum Gasteiger partial charge on any atom is -0.330 e. The van der Waals surface area contributed by atoms with Crippen molar-refractivity contribution in [1.82, 2.24) is 29.4 Å². The molecule has 1 aliphatic heterocycles. The van der Waals surface area contributed by atoms with E-state index in [1.54, 1.807) is 23.0 Å². The Bertz CT molecular complexity index is 1380. The van der Waals surface area contributed by atoms with Gasteiger partial charge in [-0.15, -0.1) is 0 Å². The number of nitrogens with zero attached hydrogens (tertiary/aromatic N) is 5. The van der Waals surface area contributed by atoms with E-state index in [0.717, 1.165) is 42.8 Å². The Labute approximate surface area is 205 Å². The normalized spacial score (nSPS) is 16.7. The summed E-state index contributed by atoms with van der Waals surface area (Å²) < 4.78 is 4.33. The third kappa shape index (κ3) is 4.25. The van der Waals surface area contributed by atoms with E-state index in [0.29, 0.717) is 34.6 Å². The molecule has 0 amide bonds. The van der Waals surface area contributed by atoms with Crippen molar-refractivity contribution in [3.8, 4) is 0 Å². The molecule has 2 aliphatic rings. The van der Waals surface area contributed by atoms with Crippen LogP contribution in [-0.4, -0.2) is 37.2 Å². The van der Waals surface area contributed by atoms with Gasteiger partial charge >= 0.3 is 0 Å². The molecule has 0 radical (unpaired) electrons. The number of nitrogens with one attached hydrogen (secondary N) is 2. The molecule has 2 fully saturated rings. The Kier molecular flexibility index (Phi) is 5.66. The van der Waals surface area contributed by atoms with Gasteiger partial charge in [-0.25, -0.2) is 9.97 Å². The molecule has 1 aromatic carbocycles. The average molecular weight is 520 g/mol. The van der Waals surface area contributed by atoms with Gasteiger partial charge in [-0.2, -0.15) is 4.98 Å². The lowest BCUT2D eigenvalue weighted by molar-refractivity contribution is 0.460. The van der Waals surface area contributed by atoms with Crippen LogP contribution in [0.1, 0.15) is 49.0 Å². The molecule has 0 spiro atoms. The van der Waals surface area contributed by atoms with Crippen molar-refractivity contribution in [2.24, 2.45) is 0 Å². The highest BCUT2D eigenvalue weighted by atomic mass is 79.9. The molecule has 1 saturated heterocycles. The van der Waals surface area contributed by atoms with E-state index >= 15 is 0 Å². The second-order valence-corrected chi connectivity index (χ2v) is 9.96. The molecular weight excluding hydrogens is 494 g/mol. The van der Waals surface area contributed by atoms with Crippen molar-refractivity contribution in [2.45, 2.75) is 44.2 Å². The van der Waals surface area contributed by atoms with Crippen LogP contribution in [0.5, 0.6) is 0 Å². The van der Waals surface area contributed by atoms with E-state index < -0.39 is 0 Å². The maximum atomic E-state index is 13.1. The van der Waals surface area contributed by atoms with E-state index in [9.17, 15) is 4.79 Å². The fourth-order valence-electron chi connectivity index (χ4n) is 4.75. The van der Waals surface area contributed by atoms with Crippen LogP contribution in [0.3, 0.4) is 0 Å². The summed E-state index contributed by atoms with van der Waals surface area (Å²) in [4.78, 5) is 26.8. The Morgan fingerprint density at radius 1 is 1.09 bits per heavy atom. The molecule has 4 heterocycles. The van der Waals surface area contributed by atoms with Crippen LogP contribution in [-0.2, 0) is 6.54 Å². The SMILES string of the molecule is O=c1c(Br)cc2cnc(Nc3ccc(C4CCNCC4)cc3)nc2n1Cc1nccn1C1CC1. The van der Waals surface area contributed by atoms with Gasteiger partial charge in [-0.1, -0.05) is 12.1 Å². The maximum Gasteiger partial charge on any atom is 0.266 e. The fourth-order valence-corrected chi connectivity index (χ4v) is 5.21. The monoisotopic (exact) mass is 519 g/mol. The summed E-state index contributed by atoms with van der Waals surface area (Å²) in [6.07, 6.45) is 10.2. The van der Waals surface area contributed by atoms with Gasteiger partial charge in [0.1, 0.15) is 11.5 Å². The van der Waals surface area contributed by atoms with Crippen LogP contribution in [0.25, 0.3) is 11.0 Å². The van der Waals surface area contributed by atoms with Crippen molar-refractivity contribution >= 4 is 38.6 Å². The number of fused-ring (bicyclic) bond motifs is 1. The van der Waals surface area contributed by atoms with Crippen molar-refractivity contribution in [3.63, 3.8) is 0 Å². The first-order valence-corrected chi connectivity index (χ1v) is 12.6. The van der Waals surface area contributed by atoms with E-state index in [1.807, 2.05) is 6.20 Å². The lowest BCUT2D eigenvalue weighted by atomic mass is 9.90. The largest absolute Gasteiger partial charge is 0.330 e. The molecule has 0 unspecified atom stereocenters. The number of pyridine rings is 1. The third-order valence-electron chi connectivity index (χ3n) is 6.75. The summed E-state index contributed by atoms with van der Waals surface area (Å²) in [5.41, 5.74) is 2.75. The first-order valence-electron chi connectivity index (χ1n) is 11.8. The Hall–Kier alpha value is -3.04. The van der Waals surface area contributed by atoms with E-state index in [-0.39, 0.29) is 5.56 Å². The molecule has 174 valence electrons. The van der Waals surface area contributed by atoms with Crippen molar-refractivity contribution in [1.29, 1.82) is 0 Å². The molecular formula is C25H26BrN7O. The molecule has 1 aliphatic carbocycles. The minimum absolute atomic E-state index is 0.131. The zero-order chi connectivity index (χ0) is 23.1. The summed E-state index contributed by atoms with van der Waals surface area (Å²) in [5.74, 6) is 1.94. The first-order chi connectivity index (χ1) is 16.7. The number of imidazole rings is 1. The zero-order valence-corrected chi connectivity index (χ0v) is 20.3. The van der Waals surface area contributed by atoms with Gasteiger partial charge in [-0.3, -0.25) is 9.36 Å². The maximum absolute atomic E-state index is 13.1. The van der Waals surface area contributed by atoms with Crippen LogP contribution in [0.2, 0.25) is 0 Å². The van der Waals surface area contributed by atoms with Crippen LogP contribution in [0, 0.1) is 0 Å². The summed E-state index contributed by atoms with van der Waals surface area (Å²) in [5, 5.41) is 7.52. The first kappa shape index (κ1) is 21.5. The summed E-state index contributed by atoms with van der Waals surface area (Å²) in [6.45, 7) is 2.52. The molecule has 1 saturated carbocycles. The number of anilines is 2. The van der Waals surface area contributed by atoms with Crippen molar-refractivity contribution in [2.75, 3.05) is 18.4 Å². The standard InChI is InChI=1S/C25H26BrN7O/c26-21-13-18-14-29-25(30-19-3-1-16(2-4-19)17-7-9-27-10-8-17)31-23(18)33(24(21)34)15-22-28-11-12-32(22)20-5-6-20/h1-4,11-14,17,20,27H,5-10,15H2,(H,29,30,31). The Morgan fingerprint density at radius 2 is 1.88 bits per heavy atom. The number of hydrogen-bond acceptors (Lipinski definition) is 6. The van der Waals surface area contributed by atoms with Gasteiger partial charge in [0.25, 0.3) is 5.56 Å². The van der Waals surface area contributed by atoms with Gasteiger partial charge in [0.05, 0.1) is 11.0 Å². The van der Waals surface area contributed by atoms with Crippen LogP contribution in [0.15, 0.2) is 58.2 Å². The summed E-state index contributed by atoms with van der Waals surface area (Å²) in [6, 6.07) is 10.8. The predicted octanol–water partition coefficient (Wildman–Crippen LogP) is 4.34. The second-order valence-electron chi connectivity index (χ2n) is 9.11. The summed E-state index contributed by atoms with van der Waals surface area (Å²) in [7, 11) is 0. The van der Waals surface area contributed by atoms with Gasteiger partial charge in [-0.05, 0) is 84.4 Å². The number of aromatic nitrogens is 5. The Morgan fingerprint density at radius 3 is 2.65 bits per heavy atom. The van der Waals surface area contributed by atoms with Crippen LogP contribution in [0.4, 0.5) is 11.6 Å².